The summed E-state index contributed by atoms with van der Waals surface area (Å²) in [4.78, 5) is 0. The molecule has 19 heavy (non-hydrogen) atoms. The maximum absolute atomic E-state index is 12.6. The van der Waals surface area contributed by atoms with E-state index in [0.717, 1.165) is 21.4 Å². The smallest absolute Gasteiger partial charge is 0.237 e. The third-order valence-corrected chi connectivity index (χ3v) is 4.05. The monoisotopic (exact) mass is 420 g/mol. The van der Waals surface area contributed by atoms with Crippen LogP contribution in [0.15, 0.2) is 18.3 Å². The fourth-order valence-corrected chi connectivity index (χ4v) is 2.53. The Morgan fingerprint density at radius 2 is 1.74 bits per heavy atom. The average Bonchev–Trinajstić information content (AvgIpc) is 2.56. The summed E-state index contributed by atoms with van der Waals surface area (Å²) in [5.41, 5.74) is 0.0970. The highest BCUT2D eigenvalue weighted by Crippen LogP contribution is 2.37. The summed E-state index contributed by atoms with van der Waals surface area (Å²) in [7, 11) is 0. The molecule has 0 radical (unpaired) electrons. The topological polar surface area (TPSA) is 17.8 Å². The number of halogens is 6. The molecule has 0 atom stereocenters. The Hall–Kier alpha value is -0.470. The fourth-order valence-electron chi connectivity index (χ4n) is 1.50. The molecule has 2 rings (SSSR count). The first-order chi connectivity index (χ1) is 8.70. The molecule has 1 aromatic heterocycles. The summed E-state index contributed by atoms with van der Waals surface area (Å²) in [5, 5.41) is 3.96. The lowest BCUT2D eigenvalue weighted by atomic mass is 10.2. The van der Waals surface area contributed by atoms with E-state index in [1.807, 2.05) is 0 Å². The van der Waals surface area contributed by atoms with E-state index in [9.17, 15) is 13.2 Å². The number of benzene rings is 1. The maximum atomic E-state index is 12.6. The van der Waals surface area contributed by atoms with Crippen LogP contribution in [0.2, 0.25) is 10.0 Å². The molecule has 0 N–H and O–H groups in total. The molecule has 0 saturated heterocycles. The van der Waals surface area contributed by atoms with Crippen molar-refractivity contribution >= 4 is 45.8 Å². The number of hydrogen-bond donors (Lipinski definition) is 0. The van der Waals surface area contributed by atoms with Gasteiger partial charge in [-0.2, -0.15) is 18.3 Å². The number of alkyl halides is 3. The summed E-state index contributed by atoms with van der Waals surface area (Å²) >= 11 is 13.8. The van der Waals surface area contributed by atoms with Crippen LogP contribution in [0, 0.1) is 10.5 Å². The van der Waals surface area contributed by atoms with Gasteiger partial charge in [-0.15, -0.1) is 0 Å². The van der Waals surface area contributed by atoms with Crippen LogP contribution in [0.25, 0.3) is 5.69 Å². The molecule has 1 heterocycles. The zero-order valence-electron chi connectivity index (χ0n) is 9.39. The van der Waals surface area contributed by atoms with Crippen molar-refractivity contribution in [2.24, 2.45) is 0 Å². The van der Waals surface area contributed by atoms with E-state index in [1.54, 1.807) is 13.1 Å². The summed E-state index contributed by atoms with van der Waals surface area (Å²) in [5.74, 6) is 0. The second-order valence-corrected chi connectivity index (χ2v) is 5.77. The Morgan fingerprint density at radius 3 is 2.11 bits per heavy atom. The van der Waals surface area contributed by atoms with Crippen LogP contribution < -0.4 is 0 Å². The van der Waals surface area contributed by atoms with Gasteiger partial charge in [0.25, 0.3) is 0 Å². The van der Waals surface area contributed by atoms with E-state index in [-0.39, 0.29) is 15.7 Å². The Morgan fingerprint density at radius 1 is 1.21 bits per heavy atom. The van der Waals surface area contributed by atoms with Crippen molar-refractivity contribution in [3.05, 3.63) is 43.2 Å². The minimum Gasteiger partial charge on any atom is -0.237 e. The summed E-state index contributed by atoms with van der Waals surface area (Å²) in [6.07, 6.45) is -2.84. The number of aryl methyl sites for hydroxylation is 1. The van der Waals surface area contributed by atoms with Crippen molar-refractivity contribution in [3.63, 3.8) is 0 Å². The van der Waals surface area contributed by atoms with Gasteiger partial charge in [0.15, 0.2) is 0 Å². The standard InChI is InChI=1S/C11H6Cl2F3IN2/c1-5-9(17)4-19(18-5)10-7(12)2-6(3-8(10)13)11(14,15)16/h2-4H,1H3. The van der Waals surface area contributed by atoms with E-state index in [1.165, 1.54) is 4.68 Å². The number of nitrogens with zero attached hydrogens (tertiary/aromatic N) is 2. The average molecular weight is 421 g/mol. The third kappa shape index (κ3) is 3.00. The number of rotatable bonds is 1. The molecule has 102 valence electrons. The lowest BCUT2D eigenvalue weighted by molar-refractivity contribution is -0.137. The van der Waals surface area contributed by atoms with Crippen LogP contribution in [0.3, 0.4) is 0 Å². The van der Waals surface area contributed by atoms with Crippen molar-refractivity contribution in [3.8, 4) is 5.69 Å². The number of hydrogen-bond acceptors (Lipinski definition) is 1. The Bertz CT molecular complexity index is 595. The molecule has 0 aliphatic heterocycles. The predicted octanol–water partition coefficient (Wildman–Crippen LogP) is 5.11. The van der Waals surface area contributed by atoms with Gasteiger partial charge in [-0.05, 0) is 41.6 Å². The van der Waals surface area contributed by atoms with Crippen molar-refractivity contribution in [1.29, 1.82) is 0 Å². The van der Waals surface area contributed by atoms with E-state index < -0.39 is 11.7 Å². The van der Waals surface area contributed by atoms with Gasteiger partial charge in [-0.25, -0.2) is 4.68 Å². The van der Waals surface area contributed by atoms with Crippen molar-refractivity contribution < 1.29 is 13.2 Å². The molecule has 0 spiro atoms. The molecule has 0 bridgehead atoms. The number of aromatic nitrogens is 2. The Labute approximate surface area is 130 Å². The van der Waals surface area contributed by atoms with E-state index in [0.29, 0.717) is 0 Å². The predicted molar refractivity (Wildman–Crippen MR) is 76.0 cm³/mol. The highest BCUT2D eigenvalue weighted by molar-refractivity contribution is 14.1. The fraction of sp³-hybridized carbons (Fsp3) is 0.182. The highest BCUT2D eigenvalue weighted by atomic mass is 127. The molecule has 0 aliphatic rings. The van der Waals surface area contributed by atoms with Crippen molar-refractivity contribution in [1.82, 2.24) is 9.78 Å². The quantitative estimate of drug-likeness (QED) is 0.586. The maximum Gasteiger partial charge on any atom is 0.416 e. The SMILES string of the molecule is Cc1nn(-c2c(Cl)cc(C(F)(F)F)cc2Cl)cc1I. The second kappa shape index (κ2) is 5.14. The van der Waals surface area contributed by atoms with Gasteiger partial charge in [-0.3, -0.25) is 0 Å². The summed E-state index contributed by atoms with van der Waals surface area (Å²) in [6.45, 7) is 1.78. The highest BCUT2D eigenvalue weighted by Gasteiger charge is 2.32. The van der Waals surface area contributed by atoms with E-state index >= 15 is 0 Å². The Kier molecular flexibility index (Phi) is 4.04. The Balaban J connectivity index is 2.60. The normalized spacial score (nSPS) is 11.9. The van der Waals surface area contributed by atoms with Gasteiger partial charge < -0.3 is 0 Å². The minimum absolute atomic E-state index is 0.0984. The molecular formula is C11H6Cl2F3IN2. The van der Waals surface area contributed by atoms with Gasteiger partial charge in [0.2, 0.25) is 0 Å². The van der Waals surface area contributed by atoms with Crippen molar-refractivity contribution in [2.45, 2.75) is 13.1 Å². The molecule has 0 fully saturated rings. The van der Waals surface area contributed by atoms with Crippen molar-refractivity contribution in [2.75, 3.05) is 0 Å². The van der Waals surface area contributed by atoms with Crippen LogP contribution in [0.4, 0.5) is 13.2 Å². The van der Waals surface area contributed by atoms with Gasteiger partial charge in [0.05, 0.1) is 24.9 Å². The van der Waals surface area contributed by atoms with E-state index in [2.05, 4.69) is 27.7 Å². The van der Waals surface area contributed by atoms with Gasteiger partial charge in [0, 0.05) is 6.20 Å². The third-order valence-electron chi connectivity index (χ3n) is 2.41. The van der Waals surface area contributed by atoms with Crippen LogP contribution in [-0.4, -0.2) is 9.78 Å². The largest absolute Gasteiger partial charge is 0.416 e. The molecule has 1 aromatic carbocycles. The first-order valence-corrected chi connectivity index (χ1v) is 6.82. The molecule has 2 nitrogen and oxygen atoms in total. The molecule has 8 heteroatoms. The molecule has 0 aliphatic carbocycles. The van der Waals surface area contributed by atoms with Gasteiger partial charge >= 0.3 is 6.18 Å². The molecule has 0 unspecified atom stereocenters. The van der Waals surface area contributed by atoms with E-state index in [4.69, 9.17) is 23.2 Å². The van der Waals surface area contributed by atoms with Crippen LogP contribution in [-0.2, 0) is 6.18 Å². The summed E-state index contributed by atoms with van der Waals surface area (Å²) < 4.78 is 40.1. The minimum atomic E-state index is -4.49. The lowest BCUT2D eigenvalue weighted by Gasteiger charge is -2.12. The van der Waals surface area contributed by atoms with Crippen LogP contribution >= 0.6 is 45.8 Å². The molecular weight excluding hydrogens is 415 g/mol. The zero-order chi connectivity index (χ0) is 14.4. The molecule has 2 aromatic rings. The molecule has 0 saturated carbocycles. The second-order valence-electron chi connectivity index (χ2n) is 3.79. The zero-order valence-corrected chi connectivity index (χ0v) is 13.1. The van der Waals surface area contributed by atoms with Gasteiger partial charge in [-0.1, -0.05) is 23.2 Å². The summed E-state index contributed by atoms with van der Waals surface area (Å²) in [6, 6.07) is 1.68. The first-order valence-electron chi connectivity index (χ1n) is 4.98. The van der Waals surface area contributed by atoms with Crippen LogP contribution in [0.1, 0.15) is 11.3 Å². The van der Waals surface area contributed by atoms with Gasteiger partial charge in [0.1, 0.15) is 5.69 Å². The first kappa shape index (κ1) is 14.9. The lowest BCUT2D eigenvalue weighted by Crippen LogP contribution is -2.07. The van der Waals surface area contributed by atoms with Crippen LogP contribution in [0.5, 0.6) is 0 Å². The molecule has 0 amide bonds.